The third-order valence-electron chi connectivity index (χ3n) is 7.22. The SMILES string of the molecule is C[C@H](CN1CC[C@@H](F)C1)NC(=O)c1cn(COCC[Si](C)(C)C)c2ncc(-c3nn(C)c4cc(Cl)ccc34)nc12. The number of hydrogen-bond donors (Lipinski definition) is 1. The summed E-state index contributed by atoms with van der Waals surface area (Å²) in [5.74, 6) is -0.251. The minimum Gasteiger partial charge on any atom is -0.361 e. The van der Waals surface area contributed by atoms with Crippen LogP contribution in [0.2, 0.25) is 30.7 Å². The molecule has 2 atom stereocenters. The number of ether oxygens (including phenoxy) is 1. The number of alkyl halides is 1. The number of rotatable bonds is 10. The number of fused-ring (bicyclic) bond motifs is 2. The minimum absolute atomic E-state index is 0.162. The van der Waals surface area contributed by atoms with Crippen molar-refractivity contribution in [2.24, 2.45) is 7.05 Å². The minimum atomic E-state index is -1.24. The lowest BCUT2D eigenvalue weighted by atomic mass is 10.1. The van der Waals surface area contributed by atoms with Crippen LogP contribution in [-0.4, -0.2) is 81.7 Å². The van der Waals surface area contributed by atoms with E-state index in [4.69, 9.17) is 26.3 Å². The molecule has 0 radical (unpaired) electrons. The van der Waals surface area contributed by atoms with Crippen LogP contribution in [0.5, 0.6) is 0 Å². The first-order chi connectivity index (χ1) is 19.0. The summed E-state index contributed by atoms with van der Waals surface area (Å²) in [4.78, 5) is 25.2. The molecule has 0 bridgehead atoms. The first-order valence-electron chi connectivity index (χ1n) is 13.7. The highest BCUT2D eigenvalue weighted by atomic mass is 35.5. The standard InChI is InChI=1S/C28H37ClFN7O2Si/c1-18(14-36-9-8-20(30)15-36)32-28(38)22-16-37(17-39-10-11-40(3,4)5)27-26(22)33-23(13-31-27)25-21-7-6-19(29)12-24(21)35(2)34-25/h6-7,12-13,16,18,20H,8-11,14-15,17H2,1-5H3,(H,32,38)/t18-,20-/m1/s1. The average Bonchev–Trinajstić information content (AvgIpc) is 3.56. The van der Waals surface area contributed by atoms with Gasteiger partial charge in [0.05, 0.1) is 17.3 Å². The van der Waals surface area contributed by atoms with Crippen molar-refractivity contribution in [3.05, 3.63) is 41.2 Å². The molecule has 9 nitrogen and oxygen atoms in total. The largest absolute Gasteiger partial charge is 0.361 e. The van der Waals surface area contributed by atoms with E-state index >= 15 is 0 Å². The van der Waals surface area contributed by atoms with Gasteiger partial charge in [0.1, 0.15) is 29.8 Å². The van der Waals surface area contributed by atoms with Gasteiger partial charge < -0.3 is 14.6 Å². The molecule has 40 heavy (non-hydrogen) atoms. The van der Waals surface area contributed by atoms with Crippen molar-refractivity contribution in [1.82, 2.24) is 34.5 Å². The van der Waals surface area contributed by atoms with Gasteiger partial charge in [-0.2, -0.15) is 5.10 Å². The Kier molecular flexibility index (Phi) is 8.28. The molecular weight excluding hydrogens is 549 g/mol. The second kappa shape index (κ2) is 11.6. The molecule has 4 aromatic rings. The lowest BCUT2D eigenvalue weighted by molar-refractivity contribution is 0.0889. The van der Waals surface area contributed by atoms with Crippen molar-refractivity contribution < 1.29 is 13.9 Å². The number of nitrogens with zero attached hydrogens (tertiary/aromatic N) is 6. The Balaban J connectivity index is 1.46. The Morgan fingerprint density at radius 3 is 2.85 bits per heavy atom. The molecule has 0 unspecified atom stereocenters. The van der Waals surface area contributed by atoms with Crippen LogP contribution in [0.25, 0.3) is 33.5 Å². The highest BCUT2D eigenvalue weighted by molar-refractivity contribution is 6.76. The number of benzene rings is 1. The van der Waals surface area contributed by atoms with E-state index in [9.17, 15) is 9.18 Å². The number of hydrogen-bond acceptors (Lipinski definition) is 6. The van der Waals surface area contributed by atoms with Gasteiger partial charge in [0, 0.05) is 64.0 Å². The van der Waals surface area contributed by atoms with E-state index in [0.717, 1.165) is 16.9 Å². The Morgan fingerprint density at radius 1 is 1.32 bits per heavy atom. The topological polar surface area (TPSA) is 90.1 Å². The monoisotopic (exact) mass is 585 g/mol. The first kappa shape index (κ1) is 28.7. The summed E-state index contributed by atoms with van der Waals surface area (Å²) in [5.41, 5.74) is 3.56. The van der Waals surface area contributed by atoms with Crippen LogP contribution in [0, 0.1) is 0 Å². The second-order valence-electron chi connectivity index (χ2n) is 11.9. The van der Waals surface area contributed by atoms with E-state index in [2.05, 4.69) is 30.1 Å². The predicted octanol–water partition coefficient (Wildman–Crippen LogP) is 5.11. The fraction of sp³-hybridized carbons (Fsp3) is 0.500. The average molecular weight is 586 g/mol. The van der Waals surface area contributed by atoms with E-state index in [1.165, 1.54) is 0 Å². The molecule has 5 rings (SSSR count). The zero-order valence-electron chi connectivity index (χ0n) is 23.7. The number of carbonyl (C=O) groups excluding carboxylic acids is 1. The highest BCUT2D eigenvalue weighted by Gasteiger charge is 2.25. The smallest absolute Gasteiger partial charge is 0.255 e. The molecule has 1 aliphatic heterocycles. The number of likely N-dealkylation sites (tertiary alicyclic amines) is 1. The van der Waals surface area contributed by atoms with Crippen LogP contribution >= 0.6 is 11.6 Å². The van der Waals surface area contributed by atoms with Gasteiger partial charge in [-0.25, -0.2) is 14.4 Å². The third-order valence-corrected chi connectivity index (χ3v) is 9.16. The Morgan fingerprint density at radius 2 is 2.12 bits per heavy atom. The molecule has 4 heterocycles. The summed E-state index contributed by atoms with van der Waals surface area (Å²) in [5, 5.41) is 9.27. The molecule has 1 fully saturated rings. The molecule has 0 saturated carbocycles. The molecule has 3 aromatic heterocycles. The summed E-state index contributed by atoms with van der Waals surface area (Å²) in [6.45, 7) is 11.5. The fourth-order valence-electron chi connectivity index (χ4n) is 5.08. The quantitative estimate of drug-likeness (QED) is 0.205. The normalized spacial score (nSPS) is 17.2. The highest BCUT2D eigenvalue weighted by Crippen LogP contribution is 2.30. The predicted molar refractivity (Wildman–Crippen MR) is 159 cm³/mol. The molecule has 1 aromatic carbocycles. The Hall–Kier alpha value is -2.86. The van der Waals surface area contributed by atoms with E-state index in [0.29, 0.717) is 65.8 Å². The summed E-state index contributed by atoms with van der Waals surface area (Å²) in [6, 6.07) is 6.48. The molecule has 1 aliphatic rings. The number of amides is 1. The summed E-state index contributed by atoms with van der Waals surface area (Å²) in [6.07, 6.45) is 3.18. The van der Waals surface area contributed by atoms with Gasteiger partial charge in [-0.15, -0.1) is 0 Å². The van der Waals surface area contributed by atoms with E-state index in [1.807, 2.05) is 41.6 Å². The number of nitrogens with one attached hydrogen (secondary N) is 1. The molecule has 1 N–H and O–H groups in total. The second-order valence-corrected chi connectivity index (χ2v) is 18.0. The van der Waals surface area contributed by atoms with Crippen molar-refractivity contribution in [3.63, 3.8) is 0 Å². The summed E-state index contributed by atoms with van der Waals surface area (Å²) >= 11 is 6.21. The maximum atomic E-state index is 13.6. The maximum absolute atomic E-state index is 13.6. The first-order valence-corrected chi connectivity index (χ1v) is 17.8. The van der Waals surface area contributed by atoms with Crippen LogP contribution < -0.4 is 5.32 Å². The van der Waals surface area contributed by atoms with Crippen molar-refractivity contribution in [2.45, 2.75) is 58.0 Å². The van der Waals surface area contributed by atoms with Crippen LogP contribution in [0.3, 0.4) is 0 Å². The number of aromatic nitrogens is 5. The molecular formula is C28H37ClFN7O2Si. The lowest BCUT2D eigenvalue weighted by Crippen LogP contribution is -2.41. The van der Waals surface area contributed by atoms with E-state index in [-0.39, 0.29) is 18.7 Å². The molecule has 1 amide bonds. The summed E-state index contributed by atoms with van der Waals surface area (Å²) in [7, 11) is 0.615. The van der Waals surface area contributed by atoms with Gasteiger partial charge in [0.15, 0.2) is 5.65 Å². The van der Waals surface area contributed by atoms with Gasteiger partial charge in [0.2, 0.25) is 0 Å². The lowest BCUT2D eigenvalue weighted by Gasteiger charge is -2.21. The number of halogens is 2. The van der Waals surface area contributed by atoms with Crippen LogP contribution in [-0.2, 0) is 18.5 Å². The molecule has 214 valence electrons. The van der Waals surface area contributed by atoms with Gasteiger partial charge in [-0.1, -0.05) is 31.2 Å². The van der Waals surface area contributed by atoms with Gasteiger partial charge >= 0.3 is 0 Å². The zero-order chi connectivity index (χ0) is 28.6. The molecule has 0 spiro atoms. The van der Waals surface area contributed by atoms with Crippen molar-refractivity contribution >= 4 is 47.6 Å². The van der Waals surface area contributed by atoms with Crippen LogP contribution in [0.15, 0.2) is 30.6 Å². The van der Waals surface area contributed by atoms with Crippen molar-refractivity contribution in [1.29, 1.82) is 0 Å². The van der Waals surface area contributed by atoms with Crippen LogP contribution in [0.1, 0.15) is 23.7 Å². The van der Waals surface area contributed by atoms with E-state index < -0.39 is 14.2 Å². The summed E-state index contributed by atoms with van der Waals surface area (Å²) < 4.78 is 23.2. The van der Waals surface area contributed by atoms with Gasteiger partial charge in [0.25, 0.3) is 5.91 Å². The van der Waals surface area contributed by atoms with Crippen molar-refractivity contribution in [3.8, 4) is 11.4 Å². The third kappa shape index (κ3) is 6.38. The fourth-order valence-corrected chi connectivity index (χ4v) is 6.00. The number of aryl methyl sites for hydroxylation is 1. The van der Waals surface area contributed by atoms with E-state index in [1.54, 1.807) is 17.1 Å². The van der Waals surface area contributed by atoms with Gasteiger partial charge in [-0.05, 0) is 37.6 Å². The molecule has 0 aliphatic carbocycles. The Labute approximate surface area is 239 Å². The Bertz CT molecular complexity index is 1530. The van der Waals surface area contributed by atoms with Crippen LogP contribution in [0.4, 0.5) is 4.39 Å². The molecule has 12 heteroatoms. The van der Waals surface area contributed by atoms with Crippen molar-refractivity contribution in [2.75, 3.05) is 26.2 Å². The van der Waals surface area contributed by atoms with Gasteiger partial charge in [-0.3, -0.25) is 14.4 Å². The number of carbonyl (C=O) groups is 1. The zero-order valence-corrected chi connectivity index (χ0v) is 25.5. The maximum Gasteiger partial charge on any atom is 0.255 e. The molecule has 1 saturated heterocycles.